The molecule has 2 N–H and O–H groups in total. The van der Waals surface area contributed by atoms with Crippen molar-refractivity contribution in [3.63, 3.8) is 0 Å². The Morgan fingerprint density at radius 1 is 1.29 bits per heavy atom. The molecule has 0 radical (unpaired) electrons. The first-order chi connectivity index (χ1) is 11.1. The summed E-state index contributed by atoms with van der Waals surface area (Å²) in [4.78, 5) is 22.8. The minimum absolute atomic E-state index is 0.0514. The van der Waals surface area contributed by atoms with E-state index in [1.165, 1.54) is 11.6 Å². The van der Waals surface area contributed by atoms with Gasteiger partial charge in [-0.15, -0.1) is 0 Å². The average molecular weight is 334 g/mol. The summed E-state index contributed by atoms with van der Waals surface area (Å²) in [6, 6.07) is 0. The van der Waals surface area contributed by atoms with Gasteiger partial charge in [0.05, 0.1) is 5.41 Å². The number of carbonyl (C=O) groups is 2. The summed E-state index contributed by atoms with van der Waals surface area (Å²) in [5.41, 5.74) is 1.37. The fourth-order valence-electron chi connectivity index (χ4n) is 5.39. The van der Waals surface area contributed by atoms with E-state index in [0.29, 0.717) is 0 Å². The molecule has 0 bridgehead atoms. The fourth-order valence-corrected chi connectivity index (χ4v) is 5.39. The molecule has 134 valence electrons. The van der Waals surface area contributed by atoms with Crippen molar-refractivity contribution in [3.8, 4) is 0 Å². The van der Waals surface area contributed by atoms with Crippen molar-refractivity contribution in [2.75, 3.05) is 0 Å². The van der Waals surface area contributed by atoms with Crippen LogP contribution in [0.5, 0.6) is 0 Å². The summed E-state index contributed by atoms with van der Waals surface area (Å²) in [5, 5.41) is 18.7. The molecule has 4 heteroatoms. The zero-order valence-electron chi connectivity index (χ0n) is 15.1. The Kier molecular flexibility index (Phi) is 5.26. The first-order valence-corrected chi connectivity index (χ1v) is 8.92. The summed E-state index contributed by atoms with van der Waals surface area (Å²) in [6.07, 6.45) is 7.36. The molecule has 4 nitrogen and oxygen atoms in total. The van der Waals surface area contributed by atoms with Gasteiger partial charge in [-0.05, 0) is 69.6 Å². The van der Waals surface area contributed by atoms with Gasteiger partial charge in [-0.3, -0.25) is 4.79 Å². The van der Waals surface area contributed by atoms with Gasteiger partial charge in [0.15, 0.2) is 0 Å². The van der Waals surface area contributed by atoms with Crippen molar-refractivity contribution < 1.29 is 19.8 Å². The second-order valence-electron chi connectivity index (χ2n) is 8.25. The van der Waals surface area contributed by atoms with Gasteiger partial charge >= 0.3 is 11.9 Å². The van der Waals surface area contributed by atoms with E-state index in [9.17, 15) is 14.7 Å². The molecule has 0 saturated heterocycles. The molecule has 4 atom stereocenters. The molecule has 2 rings (SSSR count). The number of fused-ring (bicyclic) bond motifs is 1. The molecule has 24 heavy (non-hydrogen) atoms. The Morgan fingerprint density at radius 2 is 1.96 bits per heavy atom. The maximum atomic E-state index is 12.0. The Bertz CT molecular complexity index is 576. The molecule has 0 aromatic heterocycles. The van der Waals surface area contributed by atoms with Gasteiger partial charge in [0.2, 0.25) is 0 Å². The van der Waals surface area contributed by atoms with Crippen LogP contribution in [0, 0.1) is 22.7 Å². The third-order valence-corrected chi connectivity index (χ3v) is 6.71. The van der Waals surface area contributed by atoms with Gasteiger partial charge in [-0.2, -0.15) is 0 Å². The topological polar surface area (TPSA) is 74.6 Å². The Hall–Kier alpha value is -1.58. The van der Waals surface area contributed by atoms with Gasteiger partial charge in [-0.1, -0.05) is 31.1 Å². The van der Waals surface area contributed by atoms with E-state index >= 15 is 0 Å². The van der Waals surface area contributed by atoms with Crippen LogP contribution >= 0.6 is 0 Å². The standard InChI is InChI=1S/C20H30O4/c1-13(12-17(21)22)6-8-15-14(2)7-9-16-19(15,3)10-5-11-20(16,4)18(23)24/h12,15-16H,2,5-11H2,1,3-4H3,(H,21,22)(H,23,24)/b13-12+/t15-,16-,19-,20+/m0/s1. The number of aliphatic carboxylic acids is 2. The quantitative estimate of drug-likeness (QED) is 0.566. The third-order valence-electron chi connectivity index (χ3n) is 6.71. The van der Waals surface area contributed by atoms with Gasteiger partial charge in [0, 0.05) is 6.08 Å². The lowest BCUT2D eigenvalue weighted by atomic mass is 9.46. The molecule has 0 unspecified atom stereocenters. The summed E-state index contributed by atoms with van der Waals surface area (Å²) < 4.78 is 0. The maximum Gasteiger partial charge on any atom is 0.328 e. The van der Waals surface area contributed by atoms with Crippen molar-refractivity contribution in [2.24, 2.45) is 22.7 Å². The second kappa shape index (κ2) is 6.73. The van der Waals surface area contributed by atoms with E-state index in [-0.39, 0.29) is 17.3 Å². The van der Waals surface area contributed by atoms with Crippen LogP contribution in [-0.4, -0.2) is 22.2 Å². The van der Waals surface area contributed by atoms with Crippen molar-refractivity contribution in [1.82, 2.24) is 0 Å². The second-order valence-corrected chi connectivity index (χ2v) is 8.25. The van der Waals surface area contributed by atoms with Crippen LogP contribution in [0.15, 0.2) is 23.8 Å². The highest BCUT2D eigenvalue weighted by Gasteiger charge is 2.57. The van der Waals surface area contributed by atoms with E-state index in [1.807, 2.05) is 13.8 Å². The van der Waals surface area contributed by atoms with Crippen LogP contribution in [0.4, 0.5) is 0 Å². The molecule has 2 saturated carbocycles. The summed E-state index contributed by atoms with van der Waals surface area (Å²) in [5.74, 6) is -1.15. The number of rotatable bonds is 5. The van der Waals surface area contributed by atoms with Gasteiger partial charge < -0.3 is 10.2 Å². The Morgan fingerprint density at radius 3 is 2.54 bits per heavy atom. The van der Waals surface area contributed by atoms with E-state index in [2.05, 4.69) is 13.5 Å². The molecule has 2 fully saturated rings. The molecule has 0 aromatic rings. The Balaban J connectivity index is 2.25. The molecule has 0 heterocycles. The number of carboxylic acid groups (broad SMARTS) is 2. The van der Waals surface area contributed by atoms with Gasteiger partial charge in [0.25, 0.3) is 0 Å². The van der Waals surface area contributed by atoms with E-state index in [4.69, 9.17) is 5.11 Å². The number of carboxylic acids is 2. The highest BCUT2D eigenvalue weighted by atomic mass is 16.4. The first kappa shape index (κ1) is 18.8. The minimum Gasteiger partial charge on any atom is -0.481 e. The zero-order chi connectivity index (χ0) is 18.1. The van der Waals surface area contributed by atoms with Crippen LogP contribution in [0.1, 0.15) is 65.7 Å². The van der Waals surface area contributed by atoms with Gasteiger partial charge in [0.1, 0.15) is 0 Å². The predicted octanol–water partition coefficient (Wildman–Crippen LogP) is 4.66. The lowest BCUT2D eigenvalue weighted by Gasteiger charge is -2.57. The van der Waals surface area contributed by atoms with Crippen LogP contribution in [0.25, 0.3) is 0 Å². The molecule has 2 aliphatic carbocycles. The highest BCUT2D eigenvalue weighted by Crippen LogP contribution is 2.62. The third kappa shape index (κ3) is 3.28. The van der Waals surface area contributed by atoms with Crippen molar-refractivity contribution in [3.05, 3.63) is 23.8 Å². The minimum atomic E-state index is -0.907. The maximum absolute atomic E-state index is 12.0. The number of allylic oxidation sites excluding steroid dienone is 2. The van der Waals surface area contributed by atoms with E-state index < -0.39 is 17.4 Å². The van der Waals surface area contributed by atoms with E-state index in [1.54, 1.807) is 0 Å². The lowest BCUT2D eigenvalue weighted by molar-refractivity contribution is -0.164. The van der Waals surface area contributed by atoms with Crippen molar-refractivity contribution in [2.45, 2.75) is 65.7 Å². The molecule has 0 spiro atoms. The zero-order valence-corrected chi connectivity index (χ0v) is 15.1. The Labute approximate surface area is 144 Å². The number of hydrogen-bond acceptors (Lipinski definition) is 2. The van der Waals surface area contributed by atoms with Crippen molar-refractivity contribution >= 4 is 11.9 Å². The SMILES string of the molecule is C=C1CC[C@H]2[C@@](C)(CCC[C@@]2(C)C(=O)O)[C@H]1CC/C(C)=C/C(=O)O. The van der Waals surface area contributed by atoms with Crippen LogP contribution in [0.2, 0.25) is 0 Å². The molecule has 0 aliphatic heterocycles. The molecular formula is C20H30O4. The van der Waals surface area contributed by atoms with Gasteiger partial charge in [-0.25, -0.2) is 4.79 Å². The first-order valence-electron chi connectivity index (χ1n) is 8.92. The smallest absolute Gasteiger partial charge is 0.328 e. The summed E-state index contributed by atoms with van der Waals surface area (Å²) in [7, 11) is 0. The normalized spacial score (nSPS) is 37.0. The fraction of sp³-hybridized carbons (Fsp3) is 0.700. The van der Waals surface area contributed by atoms with Crippen LogP contribution < -0.4 is 0 Å². The predicted molar refractivity (Wildman–Crippen MR) is 93.7 cm³/mol. The molecule has 0 amide bonds. The summed E-state index contributed by atoms with van der Waals surface area (Å²) >= 11 is 0. The van der Waals surface area contributed by atoms with E-state index in [0.717, 1.165) is 50.5 Å². The number of hydrogen-bond donors (Lipinski definition) is 2. The summed E-state index contributed by atoms with van der Waals surface area (Å²) in [6.45, 7) is 10.3. The van der Waals surface area contributed by atoms with Crippen LogP contribution in [-0.2, 0) is 9.59 Å². The van der Waals surface area contributed by atoms with Crippen LogP contribution in [0.3, 0.4) is 0 Å². The lowest BCUT2D eigenvalue weighted by Crippen LogP contribution is -2.53. The largest absolute Gasteiger partial charge is 0.481 e. The average Bonchev–Trinajstić information content (AvgIpc) is 2.45. The molecule has 0 aromatic carbocycles. The highest BCUT2D eigenvalue weighted by molar-refractivity contribution is 5.80. The monoisotopic (exact) mass is 334 g/mol. The molecular weight excluding hydrogens is 304 g/mol. The molecule has 2 aliphatic rings. The van der Waals surface area contributed by atoms with Crippen molar-refractivity contribution in [1.29, 1.82) is 0 Å².